The normalized spacial score (nSPS) is 13.8. The molecule has 12 nitrogen and oxygen atoms in total. The van der Waals surface area contributed by atoms with Crippen LogP contribution in [0, 0.1) is 26.0 Å². The Hall–Kier alpha value is -4.13. The van der Waals surface area contributed by atoms with Crippen molar-refractivity contribution in [3.8, 4) is 0 Å². The molecule has 0 spiro atoms. The van der Waals surface area contributed by atoms with Gasteiger partial charge in [0.2, 0.25) is 5.82 Å². The number of nitrogens with one attached hydrogen (secondary N) is 1. The molecule has 188 valence electrons. The highest BCUT2D eigenvalue weighted by Crippen LogP contribution is 2.28. The third-order valence-electron chi connectivity index (χ3n) is 5.17. The van der Waals surface area contributed by atoms with Crippen LogP contribution in [0.3, 0.4) is 0 Å². The standard InChI is InChI=1S/C13H17N3O4.C9H8FNO4/c1-15-6-4-10(5-7-15)14-11-3-2-9(13(17)18)8-12(11)16(19)20;1-2-15-9(12)6-3-4-7(10)8(5-6)11(13)14/h2-3,8,10,14H,4-7H2,1H3,(H,17,18);3-5H,2H2,1H3. The minimum Gasteiger partial charge on any atom is -0.478 e. The molecule has 2 N–H and O–H groups in total. The molecule has 1 saturated heterocycles. The van der Waals surface area contributed by atoms with Gasteiger partial charge in [-0.1, -0.05) is 0 Å². The van der Waals surface area contributed by atoms with Gasteiger partial charge in [-0.2, -0.15) is 4.39 Å². The van der Waals surface area contributed by atoms with E-state index < -0.39 is 33.3 Å². The van der Waals surface area contributed by atoms with Crippen molar-refractivity contribution in [2.75, 3.05) is 32.1 Å². The van der Waals surface area contributed by atoms with E-state index in [1.807, 2.05) is 7.05 Å². The molecule has 0 atom stereocenters. The fourth-order valence-corrected chi connectivity index (χ4v) is 3.30. The summed E-state index contributed by atoms with van der Waals surface area (Å²) in [5.41, 5.74) is -0.658. The number of hydrogen-bond donors (Lipinski definition) is 2. The number of carboxylic acids is 1. The zero-order chi connectivity index (χ0) is 26.1. The molecule has 0 amide bonds. The molecule has 0 aliphatic carbocycles. The van der Waals surface area contributed by atoms with E-state index in [-0.39, 0.29) is 29.5 Å². The monoisotopic (exact) mass is 492 g/mol. The summed E-state index contributed by atoms with van der Waals surface area (Å²) in [7, 11) is 2.04. The molecule has 35 heavy (non-hydrogen) atoms. The summed E-state index contributed by atoms with van der Waals surface area (Å²) >= 11 is 0. The summed E-state index contributed by atoms with van der Waals surface area (Å²) in [5, 5.41) is 33.5. The summed E-state index contributed by atoms with van der Waals surface area (Å²) in [6.45, 7) is 3.65. The highest BCUT2D eigenvalue weighted by Gasteiger charge is 2.22. The first kappa shape index (κ1) is 27.1. The molecule has 0 aromatic heterocycles. The number of aromatic carboxylic acids is 1. The molecule has 1 aliphatic heterocycles. The van der Waals surface area contributed by atoms with Crippen LogP contribution in [0.25, 0.3) is 0 Å². The van der Waals surface area contributed by atoms with E-state index in [4.69, 9.17) is 5.11 Å². The van der Waals surface area contributed by atoms with Crippen molar-refractivity contribution >= 4 is 29.0 Å². The van der Waals surface area contributed by atoms with E-state index in [1.54, 1.807) is 6.92 Å². The fourth-order valence-electron chi connectivity index (χ4n) is 3.30. The lowest BCUT2D eigenvalue weighted by Crippen LogP contribution is -2.36. The summed E-state index contributed by atoms with van der Waals surface area (Å²) < 4.78 is 17.5. The first-order chi connectivity index (χ1) is 16.5. The first-order valence-electron chi connectivity index (χ1n) is 10.6. The van der Waals surface area contributed by atoms with Crippen molar-refractivity contribution < 1.29 is 33.7 Å². The summed E-state index contributed by atoms with van der Waals surface area (Å²) in [6.07, 6.45) is 1.82. The van der Waals surface area contributed by atoms with Crippen LogP contribution in [0.2, 0.25) is 0 Å². The van der Waals surface area contributed by atoms with Crippen molar-refractivity contribution in [2.45, 2.75) is 25.8 Å². The average Bonchev–Trinajstić information content (AvgIpc) is 2.81. The Morgan fingerprint density at radius 2 is 1.66 bits per heavy atom. The number of anilines is 1. The third-order valence-corrected chi connectivity index (χ3v) is 5.17. The van der Waals surface area contributed by atoms with Crippen LogP contribution in [0.5, 0.6) is 0 Å². The number of carboxylic acid groups (broad SMARTS) is 1. The van der Waals surface area contributed by atoms with Crippen LogP contribution in [0.4, 0.5) is 21.5 Å². The van der Waals surface area contributed by atoms with Crippen molar-refractivity contribution in [3.63, 3.8) is 0 Å². The third kappa shape index (κ3) is 7.71. The molecule has 0 saturated carbocycles. The Kier molecular flexibility index (Phi) is 9.58. The van der Waals surface area contributed by atoms with Crippen LogP contribution in [-0.4, -0.2) is 64.6 Å². The Labute approximate surface area is 199 Å². The minimum atomic E-state index is -1.17. The van der Waals surface area contributed by atoms with Crippen molar-refractivity contribution in [2.24, 2.45) is 0 Å². The van der Waals surface area contributed by atoms with Crippen LogP contribution in [0.15, 0.2) is 36.4 Å². The number of likely N-dealkylation sites (tertiary alicyclic amines) is 1. The highest BCUT2D eigenvalue weighted by atomic mass is 19.1. The van der Waals surface area contributed by atoms with E-state index >= 15 is 0 Å². The molecule has 3 rings (SSSR count). The van der Waals surface area contributed by atoms with Gasteiger partial charge in [-0.05, 0) is 64.2 Å². The maximum atomic E-state index is 12.9. The van der Waals surface area contributed by atoms with E-state index in [2.05, 4.69) is 15.0 Å². The summed E-state index contributed by atoms with van der Waals surface area (Å²) in [6, 6.07) is 6.99. The number of halogens is 1. The molecular weight excluding hydrogens is 467 g/mol. The number of nitro benzene ring substituents is 2. The zero-order valence-electron chi connectivity index (χ0n) is 19.1. The lowest BCUT2D eigenvalue weighted by molar-refractivity contribution is -0.387. The molecular formula is C22H25FN4O8. The lowest BCUT2D eigenvalue weighted by atomic mass is 10.0. The highest BCUT2D eigenvalue weighted by molar-refractivity contribution is 5.90. The van der Waals surface area contributed by atoms with E-state index in [9.17, 15) is 34.2 Å². The second kappa shape index (κ2) is 12.4. The lowest BCUT2D eigenvalue weighted by Gasteiger charge is -2.30. The second-order valence-corrected chi connectivity index (χ2v) is 7.66. The number of esters is 1. The van der Waals surface area contributed by atoms with E-state index in [0.717, 1.165) is 50.2 Å². The van der Waals surface area contributed by atoms with Crippen molar-refractivity contribution in [3.05, 3.63) is 73.6 Å². The SMILES string of the molecule is CCOC(=O)c1ccc(F)c([N+](=O)[O-])c1.CN1CCC(Nc2ccc(C(=O)O)cc2[N+](=O)[O-])CC1. The number of rotatable bonds is 7. The number of benzene rings is 2. The van der Waals surface area contributed by atoms with Crippen LogP contribution in [0.1, 0.15) is 40.5 Å². The molecule has 1 fully saturated rings. The number of carbonyl (C=O) groups is 2. The molecule has 1 heterocycles. The first-order valence-corrected chi connectivity index (χ1v) is 10.6. The van der Waals surface area contributed by atoms with Crippen LogP contribution in [-0.2, 0) is 4.74 Å². The number of nitro groups is 2. The van der Waals surface area contributed by atoms with Gasteiger partial charge in [0.05, 0.1) is 27.6 Å². The number of carbonyl (C=O) groups excluding carboxylic acids is 1. The number of ether oxygens (including phenoxy) is 1. The maximum absolute atomic E-state index is 12.9. The fraction of sp³-hybridized carbons (Fsp3) is 0.364. The van der Waals surface area contributed by atoms with Gasteiger partial charge in [-0.15, -0.1) is 0 Å². The van der Waals surface area contributed by atoms with Gasteiger partial charge < -0.3 is 20.1 Å². The largest absolute Gasteiger partial charge is 0.478 e. The smallest absolute Gasteiger partial charge is 0.338 e. The minimum absolute atomic E-state index is 0.0371. The Balaban J connectivity index is 0.000000258. The summed E-state index contributed by atoms with van der Waals surface area (Å²) in [5.74, 6) is -2.85. The molecule has 2 aromatic rings. The predicted octanol–water partition coefficient (Wildman–Crippen LogP) is 3.71. The topological polar surface area (TPSA) is 165 Å². The molecule has 1 aliphatic rings. The molecule has 2 aromatic carbocycles. The Morgan fingerprint density at radius 3 is 2.20 bits per heavy atom. The van der Waals surface area contributed by atoms with Gasteiger partial charge >= 0.3 is 17.6 Å². The van der Waals surface area contributed by atoms with E-state index in [1.165, 1.54) is 12.1 Å². The van der Waals surface area contributed by atoms with Crippen LogP contribution >= 0.6 is 0 Å². The number of hydrogen-bond acceptors (Lipinski definition) is 9. The second-order valence-electron chi connectivity index (χ2n) is 7.66. The quantitative estimate of drug-likeness (QED) is 0.330. The molecule has 0 bridgehead atoms. The Morgan fingerprint density at radius 1 is 1.09 bits per heavy atom. The zero-order valence-corrected chi connectivity index (χ0v) is 19.1. The van der Waals surface area contributed by atoms with Gasteiger partial charge in [0.1, 0.15) is 5.69 Å². The van der Waals surface area contributed by atoms with E-state index in [0.29, 0.717) is 5.69 Å². The number of piperidine rings is 1. The maximum Gasteiger partial charge on any atom is 0.338 e. The summed E-state index contributed by atoms with van der Waals surface area (Å²) in [4.78, 5) is 44.2. The number of nitrogens with zero attached hydrogens (tertiary/aromatic N) is 3. The van der Waals surface area contributed by atoms with Crippen molar-refractivity contribution in [1.29, 1.82) is 0 Å². The van der Waals surface area contributed by atoms with Gasteiger partial charge in [-0.3, -0.25) is 20.2 Å². The Bertz CT molecular complexity index is 1100. The van der Waals surface area contributed by atoms with Crippen LogP contribution < -0.4 is 5.32 Å². The van der Waals surface area contributed by atoms with Gasteiger partial charge in [0.25, 0.3) is 5.69 Å². The van der Waals surface area contributed by atoms with Gasteiger partial charge in [-0.25, -0.2) is 9.59 Å². The van der Waals surface area contributed by atoms with Crippen molar-refractivity contribution in [1.82, 2.24) is 4.90 Å². The molecule has 0 unspecified atom stereocenters. The van der Waals surface area contributed by atoms with Gasteiger partial charge in [0.15, 0.2) is 0 Å². The predicted molar refractivity (Wildman–Crippen MR) is 123 cm³/mol. The molecule has 0 radical (unpaired) electrons. The van der Waals surface area contributed by atoms with Gasteiger partial charge in [0, 0.05) is 18.2 Å². The molecule has 13 heteroatoms. The average molecular weight is 492 g/mol.